The molecule has 0 fully saturated rings. The maximum absolute atomic E-state index is 11.6. The second kappa shape index (κ2) is 5.28. The van der Waals surface area contributed by atoms with Crippen molar-refractivity contribution in [2.45, 2.75) is 19.9 Å². The van der Waals surface area contributed by atoms with Crippen molar-refractivity contribution in [1.29, 1.82) is 0 Å². The quantitative estimate of drug-likeness (QED) is 0.886. The number of hydrogen-bond donors (Lipinski definition) is 2. The lowest BCUT2D eigenvalue weighted by atomic mass is 10.1. The lowest BCUT2D eigenvalue weighted by molar-refractivity contribution is -0.118. The number of rotatable bonds is 3. The van der Waals surface area contributed by atoms with Crippen LogP contribution in [0.15, 0.2) is 28.7 Å². The van der Waals surface area contributed by atoms with Crippen LogP contribution in [0.4, 0.5) is 5.69 Å². The minimum atomic E-state index is -0.469. The topological polar surface area (TPSA) is 55.1 Å². The average molecular weight is 271 g/mol. The van der Waals surface area contributed by atoms with Crippen molar-refractivity contribution in [3.8, 4) is 0 Å². The fourth-order valence-corrected chi connectivity index (χ4v) is 1.49. The van der Waals surface area contributed by atoms with Gasteiger partial charge in [-0.1, -0.05) is 35.8 Å². The largest absolute Gasteiger partial charge is 0.325 e. The second-order valence-electron chi connectivity index (χ2n) is 3.77. The van der Waals surface area contributed by atoms with Gasteiger partial charge in [-0.05, 0) is 24.1 Å². The molecule has 4 heteroatoms. The third kappa shape index (κ3) is 3.64. The van der Waals surface area contributed by atoms with Gasteiger partial charge in [-0.15, -0.1) is 0 Å². The van der Waals surface area contributed by atoms with Gasteiger partial charge in [-0.25, -0.2) is 0 Å². The van der Waals surface area contributed by atoms with Gasteiger partial charge in [-0.2, -0.15) is 0 Å². The molecule has 0 aliphatic heterocycles. The van der Waals surface area contributed by atoms with E-state index >= 15 is 0 Å². The highest BCUT2D eigenvalue weighted by Gasteiger charge is 2.16. The van der Waals surface area contributed by atoms with Gasteiger partial charge in [0, 0.05) is 10.2 Å². The fourth-order valence-electron chi connectivity index (χ4n) is 1.09. The molecule has 1 amide bonds. The highest BCUT2D eigenvalue weighted by atomic mass is 79.9. The number of amides is 1. The van der Waals surface area contributed by atoms with Crippen molar-refractivity contribution in [2.75, 3.05) is 5.32 Å². The van der Waals surface area contributed by atoms with E-state index in [-0.39, 0.29) is 11.8 Å². The van der Waals surface area contributed by atoms with Crippen molar-refractivity contribution < 1.29 is 4.79 Å². The number of anilines is 1. The summed E-state index contributed by atoms with van der Waals surface area (Å²) in [5.74, 6) is -0.0137. The fraction of sp³-hybridized carbons (Fsp3) is 0.364. The van der Waals surface area contributed by atoms with Crippen LogP contribution in [0.2, 0.25) is 0 Å². The summed E-state index contributed by atoms with van der Waals surface area (Å²) in [7, 11) is 0. The molecule has 1 atom stereocenters. The zero-order chi connectivity index (χ0) is 11.4. The summed E-state index contributed by atoms with van der Waals surface area (Å²) in [6.07, 6.45) is 0. The summed E-state index contributed by atoms with van der Waals surface area (Å²) in [6.45, 7) is 3.84. The van der Waals surface area contributed by atoms with Crippen LogP contribution >= 0.6 is 15.9 Å². The van der Waals surface area contributed by atoms with Gasteiger partial charge in [0.15, 0.2) is 0 Å². The Morgan fingerprint density at radius 3 is 2.67 bits per heavy atom. The number of benzene rings is 1. The van der Waals surface area contributed by atoms with Crippen LogP contribution < -0.4 is 11.1 Å². The zero-order valence-electron chi connectivity index (χ0n) is 8.83. The molecule has 1 unspecified atom stereocenters. The third-order valence-corrected chi connectivity index (χ3v) is 2.61. The summed E-state index contributed by atoms with van der Waals surface area (Å²) in [4.78, 5) is 11.6. The van der Waals surface area contributed by atoms with E-state index in [0.29, 0.717) is 0 Å². The summed E-state index contributed by atoms with van der Waals surface area (Å²) in [5, 5.41) is 2.77. The van der Waals surface area contributed by atoms with E-state index in [1.807, 2.05) is 38.1 Å². The molecular formula is C11H15BrN2O. The first-order chi connectivity index (χ1) is 7.00. The van der Waals surface area contributed by atoms with Crippen molar-refractivity contribution in [3.63, 3.8) is 0 Å². The van der Waals surface area contributed by atoms with E-state index in [2.05, 4.69) is 21.2 Å². The first-order valence-electron chi connectivity index (χ1n) is 4.82. The predicted molar refractivity (Wildman–Crippen MR) is 65.6 cm³/mol. The van der Waals surface area contributed by atoms with Gasteiger partial charge in [0.1, 0.15) is 0 Å². The zero-order valence-corrected chi connectivity index (χ0v) is 10.4. The van der Waals surface area contributed by atoms with Gasteiger partial charge >= 0.3 is 0 Å². The lowest BCUT2D eigenvalue weighted by Crippen LogP contribution is -2.39. The van der Waals surface area contributed by atoms with Gasteiger partial charge in [0.25, 0.3) is 0 Å². The van der Waals surface area contributed by atoms with Crippen molar-refractivity contribution in [1.82, 2.24) is 0 Å². The molecule has 82 valence electrons. The Kier molecular flexibility index (Phi) is 4.29. The number of carbonyl (C=O) groups is 1. The number of carbonyl (C=O) groups excluding carboxylic acids is 1. The van der Waals surface area contributed by atoms with Gasteiger partial charge in [0.2, 0.25) is 5.91 Å². The Morgan fingerprint density at radius 2 is 2.13 bits per heavy atom. The van der Waals surface area contributed by atoms with Crippen LogP contribution in [0.25, 0.3) is 0 Å². The smallest absolute Gasteiger partial charge is 0.241 e. The van der Waals surface area contributed by atoms with Gasteiger partial charge in [0.05, 0.1) is 6.04 Å². The third-order valence-electron chi connectivity index (χ3n) is 2.11. The Balaban J connectivity index is 2.66. The molecule has 0 saturated carbocycles. The van der Waals surface area contributed by atoms with E-state index in [0.717, 1.165) is 10.2 Å². The number of nitrogens with one attached hydrogen (secondary N) is 1. The van der Waals surface area contributed by atoms with Gasteiger partial charge < -0.3 is 11.1 Å². The number of nitrogens with two attached hydrogens (primary N) is 1. The molecule has 0 aromatic heterocycles. The maximum atomic E-state index is 11.6. The lowest BCUT2D eigenvalue weighted by Gasteiger charge is -2.15. The molecule has 3 N–H and O–H groups in total. The van der Waals surface area contributed by atoms with Crippen LogP contribution in [0.5, 0.6) is 0 Å². The molecule has 0 aliphatic rings. The van der Waals surface area contributed by atoms with Crippen molar-refractivity contribution in [3.05, 3.63) is 28.7 Å². The molecule has 0 aliphatic carbocycles. The SMILES string of the molecule is CC(C)C(N)C(=O)Nc1cccc(Br)c1. The highest BCUT2D eigenvalue weighted by molar-refractivity contribution is 9.10. The first kappa shape index (κ1) is 12.2. The summed E-state index contributed by atoms with van der Waals surface area (Å²) >= 11 is 3.34. The Bertz CT molecular complexity index is 352. The summed E-state index contributed by atoms with van der Waals surface area (Å²) in [5.41, 5.74) is 6.48. The molecule has 1 aromatic rings. The Labute approximate surface area is 98.2 Å². The molecule has 0 radical (unpaired) electrons. The minimum absolute atomic E-state index is 0.136. The molecule has 1 rings (SSSR count). The van der Waals surface area contributed by atoms with Crippen LogP contribution in [-0.4, -0.2) is 11.9 Å². The van der Waals surface area contributed by atoms with E-state index in [4.69, 9.17) is 5.73 Å². The molecule has 0 saturated heterocycles. The standard InChI is InChI=1S/C11H15BrN2O/c1-7(2)10(13)11(15)14-9-5-3-4-8(12)6-9/h3-7,10H,13H2,1-2H3,(H,14,15). The van der Waals surface area contributed by atoms with E-state index in [9.17, 15) is 4.79 Å². The minimum Gasteiger partial charge on any atom is -0.325 e. The van der Waals surface area contributed by atoms with Crippen molar-refractivity contribution >= 4 is 27.5 Å². The number of halogens is 1. The molecular weight excluding hydrogens is 256 g/mol. The Morgan fingerprint density at radius 1 is 1.47 bits per heavy atom. The highest BCUT2D eigenvalue weighted by Crippen LogP contribution is 2.16. The molecule has 15 heavy (non-hydrogen) atoms. The molecule has 3 nitrogen and oxygen atoms in total. The average Bonchev–Trinajstić information content (AvgIpc) is 2.16. The monoisotopic (exact) mass is 270 g/mol. The van der Waals surface area contributed by atoms with Crippen LogP contribution in [0.1, 0.15) is 13.8 Å². The molecule has 0 heterocycles. The van der Waals surface area contributed by atoms with E-state index in [1.165, 1.54) is 0 Å². The van der Waals surface area contributed by atoms with Crippen LogP contribution in [0, 0.1) is 5.92 Å². The Hall–Kier alpha value is -0.870. The summed E-state index contributed by atoms with van der Waals surface area (Å²) in [6, 6.07) is 6.96. The van der Waals surface area contributed by atoms with E-state index in [1.54, 1.807) is 0 Å². The predicted octanol–water partition coefficient (Wildman–Crippen LogP) is 2.37. The normalized spacial score (nSPS) is 12.6. The first-order valence-corrected chi connectivity index (χ1v) is 5.62. The van der Waals surface area contributed by atoms with Crippen LogP contribution in [-0.2, 0) is 4.79 Å². The second-order valence-corrected chi connectivity index (χ2v) is 4.69. The van der Waals surface area contributed by atoms with Crippen LogP contribution in [0.3, 0.4) is 0 Å². The molecule has 0 spiro atoms. The summed E-state index contributed by atoms with van der Waals surface area (Å²) < 4.78 is 0.929. The molecule has 0 bridgehead atoms. The maximum Gasteiger partial charge on any atom is 0.241 e. The number of hydrogen-bond acceptors (Lipinski definition) is 2. The molecule has 1 aromatic carbocycles. The van der Waals surface area contributed by atoms with E-state index < -0.39 is 6.04 Å². The van der Waals surface area contributed by atoms with Crippen molar-refractivity contribution in [2.24, 2.45) is 11.7 Å². The van der Waals surface area contributed by atoms with Gasteiger partial charge in [-0.3, -0.25) is 4.79 Å².